The van der Waals surface area contributed by atoms with E-state index >= 15 is 0 Å². The average Bonchev–Trinajstić information content (AvgIpc) is 2.45. The normalized spacial score (nSPS) is 15.4. The SMILES string of the molecule is CCC(C)C(C)(O)CNC(=O)CSCc1ccccn1. The number of hydrogen-bond acceptors (Lipinski definition) is 4. The molecule has 1 heterocycles. The fraction of sp³-hybridized carbons (Fsp3) is 0.600. The van der Waals surface area contributed by atoms with E-state index in [-0.39, 0.29) is 11.8 Å². The van der Waals surface area contributed by atoms with Crippen LogP contribution >= 0.6 is 11.8 Å². The minimum Gasteiger partial charge on any atom is -0.388 e. The summed E-state index contributed by atoms with van der Waals surface area (Å²) in [5, 5.41) is 13.0. The first kappa shape index (κ1) is 17.0. The maximum Gasteiger partial charge on any atom is 0.230 e. The number of pyridine rings is 1. The molecule has 0 aliphatic carbocycles. The van der Waals surface area contributed by atoms with Crippen molar-refractivity contribution in [3.8, 4) is 0 Å². The molecule has 1 rings (SSSR count). The van der Waals surface area contributed by atoms with Crippen molar-refractivity contribution in [2.45, 2.75) is 38.5 Å². The molecule has 0 saturated heterocycles. The van der Waals surface area contributed by atoms with Gasteiger partial charge in [0.2, 0.25) is 5.91 Å². The minimum absolute atomic E-state index is 0.0468. The van der Waals surface area contributed by atoms with Crippen molar-refractivity contribution in [2.24, 2.45) is 5.92 Å². The van der Waals surface area contributed by atoms with Gasteiger partial charge in [-0.3, -0.25) is 9.78 Å². The van der Waals surface area contributed by atoms with Crippen LogP contribution in [0.3, 0.4) is 0 Å². The maximum absolute atomic E-state index is 11.7. The zero-order valence-electron chi connectivity index (χ0n) is 12.4. The molecule has 2 unspecified atom stereocenters. The number of amides is 1. The summed E-state index contributed by atoms with van der Waals surface area (Å²) in [5.74, 6) is 1.21. The Labute approximate surface area is 125 Å². The molecular weight excluding hydrogens is 272 g/mol. The molecule has 2 atom stereocenters. The number of nitrogens with zero attached hydrogens (tertiary/aromatic N) is 1. The lowest BCUT2D eigenvalue weighted by Crippen LogP contribution is -2.45. The lowest BCUT2D eigenvalue weighted by Gasteiger charge is -2.29. The highest BCUT2D eigenvalue weighted by Gasteiger charge is 2.27. The predicted molar refractivity (Wildman–Crippen MR) is 83.5 cm³/mol. The lowest BCUT2D eigenvalue weighted by atomic mass is 9.89. The molecule has 1 amide bonds. The highest BCUT2D eigenvalue weighted by molar-refractivity contribution is 7.99. The van der Waals surface area contributed by atoms with Crippen molar-refractivity contribution in [2.75, 3.05) is 12.3 Å². The number of aliphatic hydroxyl groups is 1. The number of aromatic nitrogens is 1. The Kier molecular flexibility index (Phi) is 7.02. The van der Waals surface area contributed by atoms with Crippen molar-refractivity contribution in [3.63, 3.8) is 0 Å². The fourth-order valence-corrected chi connectivity index (χ4v) is 2.44. The molecule has 112 valence electrons. The van der Waals surface area contributed by atoms with E-state index in [0.717, 1.165) is 17.9 Å². The first-order valence-electron chi connectivity index (χ1n) is 6.92. The fourth-order valence-electron chi connectivity index (χ4n) is 1.67. The summed E-state index contributed by atoms with van der Waals surface area (Å²) in [6.45, 7) is 6.08. The van der Waals surface area contributed by atoms with Gasteiger partial charge in [-0.15, -0.1) is 11.8 Å². The van der Waals surface area contributed by atoms with Crippen LogP contribution < -0.4 is 5.32 Å². The Balaban J connectivity index is 2.24. The third kappa shape index (κ3) is 5.92. The first-order valence-corrected chi connectivity index (χ1v) is 8.08. The largest absolute Gasteiger partial charge is 0.388 e. The van der Waals surface area contributed by atoms with E-state index in [1.165, 1.54) is 11.8 Å². The van der Waals surface area contributed by atoms with Gasteiger partial charge in [0.15, 0.2) is 0 Å². The van der Waals surface area contributed by atoms with E-state index in [1.54, 1.807) is 13.1 Å². The molecule has 0 aromatic carbocycles. The van der Waals surface area contributed by atoms with Crippen LogP contribution in [-0.2, 0) is 10.5 Å². The molecule has 2 N–H and O–H groups in total. The zero-order valence-corrected chi connectivity index (χ0v) is 13.2. The molecular formula is C15H24N2O2S. The monoisotopic (exact) mass is 296 g/mol. The van der Waals surface area contributed by atoms with Gasteiger partial charge in [-0.25, -0.2) is 0 Å². The zero-order chi connectivity index (χ0) is 15.0. The lowest BCUT2D eigenvalue weighted by molar-refractivity contribution is -0.120. The van der Waals surface area contributed by atoms with Crippen LogP contribution in [0.2, 0.25) is 0 Å². The van der Waals surface area contributed by atoms with Gasteiger partial charge in [-0.2, -0.15) is 0 Å². The molecule has 0 bridgehead atoms. The average molecular weight is 296 g/mol. The van der Waals surface area contributed by atoms with Gasteiger partial charge < -0.3 is 10.4 Å². The molecule has 1 aromatic rings. The topological polar surface area (TPSA) is 62.2 Å². The van der Waals surface area contributed by atoms with Crippen LogP contribution in [0.1, 0.15) is 32.9 Å². The molecule has 0 saturated carbocycles. The van der Waals surface area contributed by atoms with Crippen molar-refractivity contribution in [1.29, 1.82) is 0 Å². The van der Waals surface area contributed by atoms with Crippen LogP contribution in [0, 0.1) is 5.92 Å². The summed E-state index contributed by atoms with van der Waals surface area (Å²) in [7, 11) is 0. The molecule has 0 aliphatic heterocycles. The van der Waals surface area contributed by atoms with Gasteiger partial charge in [-0.05, 0) is 25.0 Å². The smallest absolute Gasteiger partial charge is 0.230 e. The molecule has 1 aromatic heterocycles. The summed E-state index contributed by atoms with van der Waals surface area (Å²) in [5.41, 5.74) is 0.118. The third-order valence-corrected chi connectivity index (χ3v) is 4.49. The van der Waals surface area contributed by atoms with Gasteiger partial charge in [0, 0.05) is 18.5 Å². The molecule has 20 heavy (non-hydrogen) atoms. The number of hydrogen-bond donors (Lipinski definition) is 2. The van der Waals surface area contributed by atoms with Crippen LogP contribution in [0.4, 0.5) is 0 Å². The van der Waals surface area contributed by atoms with Crippen LogP contribution in [0.5, 0.6) is 0 Å². The van der Waals surface area contributed by atoms with E-state index in [2.05, 4.69) is 10.3 Å². The number of rotatable bonds is 8. The second-order valence-corrected chi connectivity index (χ2v) is 6.24. The summed E-state index contributed by atoms with van der Waals surface area (Å²) >= 11 is 1.52. The van der Waals surface area contributed by atoms with Crippen LogP contribution in [-0.4, -0.2) is 33.9 Å². The molecule has 0 spiro atoms. The second-order valence-electron chi connectivity index (χ2n) is 5.26. The number of nitrogens with one attached hydrogen (secondary N) is 1. The van der Waals surface area contributed by atoms with E-state index in [0.29, 0.717) is 12.3 Å². The Morgan fingerprint density at radius 2 is 2.30 bits per heavy atom. The van der Waals surface area contributed by atoms with Crippen molar-refractivity contribution < 1.29 is 9.90 Å². The minimum atomic E-state index is -0.851. The second kappa shape index (κ2) is 8.27. The molecule has 0 fully saturated rings. The van der Waals surface area contributed by atoms with Gasteiger partial charge in [-0.1, -0.05) is 26.3 Å². The molecule has 4 nitrogen and oxygen atoms in total. The van der Waals surface area contributed by atoms with E-state index in [9.17, 15) is 9.90 Å². The molecule has 0 radical (unpaired) electrons. The van der Waals surface area contributed by atoms with E-state index in [1.807, 2.05) is 32.0 Å². The summed E-state index contributed by atoms with van der Waals surface area (Å²) in [4.78, 5) is 15.9. The Hall–Kier alpha value is -1.07. The number of thioether (sulfide) groups is 1. The molecule has 0 aliphatic rings. The standard InChI is InChI=1S/C15H24N2O2S/c1-4-12(2)15(3,19)11-17-14(18)10-20-9-13-7-5-6-8-16-13/h5-8,12,19H,4,9-11H2,1-3H3,(H,17,18). The highest BCUT2D eigenvalue weighted by Crippen LogP contribution is 2.18. The van der Waals surface area contributed by atoms with Crippen molar-refractivity contribution in [3.05, 3.63) is 30.1 Å². The number of carbonyl (C=O) groups is 1. The Bertz CT molecular complexity index is 410. The Morgan fingerprint density at radius 1 is 1.55 bits per heavy atom. The van der Waals surface area contributed by atoms with Gasteiger partial charge in [0.1, 0.15) is 0 Å². The van der Waals surface area contributed by atoms with Crippen LogP contribution in [0.25, 0.3) is 0 Å². The highest BCUT2D eigenvalue weighted by atomic mass is 32.2. The summed E-state index contributed by atoms with van der Waals surface area (Å²) < 4.78 is 0. The molecule has 5 heteroatoms. The third-order valence-electron chi connectivity index (χ3n) is 3.53. The summed E-state index contributed by atoms with van der Waals surface area (Å²) in [6.07, 6.45) is 2.64. The van der Waals surface area contributed by atoms with Crippen LogP contribution in [0.15, 0.2) is 24.4 Å². The van der Waals surface area contributed by atoms with Gasteiger partial charge in [0.05, 0.1) is 17.0 Å². The Morgan fingerprint density at radius 3 is 2.90 bits per heavy atom. The van der Waals surface area contributed by atoms with E-state index in [4.69, 9.17) is 0 Å². The summed E-state index contributed by atoms with van der Waals surface area (Å²) in [6, 6.07) is 5.75. The number of carbonyl (C=O) groups excluding carboxylic acids is 1. The van der Waals surface area contributed by atoms with Gasteiger partial charge >= 0.3 is 0 Å². The van der Waals surface area contributed by atoms with Crippen molar-refractivity contribution in [1.82, 2.24) is 10.3 Å². The van der Waals surface area contributed by atoms with Gasteiger partial charge in [0.25, 0.3) is 0 Å². The maximum atomic E-state index is 11.7. The van der Waals surface area contributed by atoms with E-state index < -0.39 is 5.60 Å². The quantitative estimate of drug-likeness (QED) is 0.772. The first-order chi connectivity index (χ1) is 9.45. The predicted octanol–water partition coefficient (Wildman–Crippen LogP) is 2.23. The van der Waals surface area contributed by atoms with Crippen molar-refractivity contribution >= 4 is 17.7 Å².